The first-order valence-corrected chi connectivity index (χ1v) is 4.60. The number of amides is 2. The van der Waals surface area contributed by atoms with E-state index in [1.165, 1.54) is 0 Å². The van der Waals surface area contributed by atoms with Gasteiger partial charge in [-0.25, -0.2) is 9.79 Å². The highest BCUT2D eigenvalue weighted by atomic mass is 16.2. The summed E-state index contributed by atoms with van der Waals surface area (Å²) in [4.78, 5) is 16.9. The fraction of sp³-hybridized carbons (Fsp3) is 0.600. The molecule has 1 rings (SSSR count). The smallest absolute Gasteiger partial charge is 0.300 e. The number of hydrogen-bond donors (Lipinski definition) is 0. The molecule has 3 nitrogen and oxygen atoms in total. The lowest BCUT2D eigenvalue weighted by molar-refractivity contribution is 0.225. The molecule has 0 radical (unpaired) electrons. The average Bonchev–Trinajstić information content (AvgIpc) is 2.18. The van der Waals surface area contributed by atoms with Crippen molar-refractivity contribution in [1.82, 2.24) is 4.90 Å². The van der Waals surface area contributed by atoms with Crippen molar-refractivity contribution < 1.29 is 4.79 Å². The average molecular weight is 180 g/mol. The number of nitrogens with zero attached hydrogens (tertiary/aromatic N) is 2. The van der Waals surface area contributed by atoms with Crippen LogP contribution >= 0.6 is 0 Å². The van der Waals surface area contributed by atoms with E-state index >= 15 is 0 Å². The molecular weight excluding hydrogens is 164 g/mol. The Bertz CT molecular complexity index is 254. The van der Waals surface area contributed by atoms with Crippen LogP contribution in [0.25, 0.3) is 0 Å². The summed E-state index contributed by atoms with van der Waals surface area (Å²) in [5, 5.41) is 0. The summed E-state index contributed by atoms with van der Waals surface area (Å²) in [6, 6.07) is -0.163. The number of carbonyl (C=O) groups excluding carboxylic acids is 1. The number of urea groups is 1. The maximum Gasteiger partial charge on any atom is 0.347 e. The number of hydrogen-bond acceptors (Lipinski definition) is 1. The van der Waals surface area contributed by atoms with Gasteiger partial charge in [-0.2, -0.15) is 0 Å². The first kappa shape index (κ1) is 9.96. The Morgan fingerprint density at radius 3 is 2.85 bits per heavy atom. The molecule has 0 saturated carbocycles. The van der Waals surface area contributed by atoms with E-state index < -0.39 is 0 Å². The Balaban J connectivity index is 2.81. The van der Waals surface area contributed by atoms with Crippen LogP contribution in [0, 0.1) is 5.41 Å². The van der Waals surface area contributed by atoms with Crippen LogP contribution in [0.15, 0.2) is 17.3 Å². The van der Waals surface area contributed by atoms with Gasteiger partial charge in [0.2, 0.25) is 0 Å². The molecule has 0 aromatic heterocycles. The summed E-state index contributed by atoms with van der Waals surface area (Å²) < 4.78 is 0. The summed E-state index contributed by atoms with van der Waals surface area (Å²) >= 11 is 0. The zero-order valence-electron chi connectivity index (χ0n) is 8.45. The highest BCUT2D eigenvalue weighted by molar-refractivity contribution is 5.87. The molecular formula is C10H16N2O. The third-order valence-corrected chi connectivity index (χ3v) is 1.90. The third kappa shape index (κ3) is 2.68. The van der Waals surface area contributed by atoms with Crippen molar-refractivity contribution in [2.24, 2.45) is 10.4 Å². The zero-order chi connectivity index (χ0) is 9.90. The Kier molecular flexibility index (Phi) is 2.86. The maximum absolute atomic E-state index is 11.4. The zero-order valence-corrected chi connectivity index (χ0v) is 8.45. The van der Waals surface area contributed by atoms with Gasteiger partial charge in [0.05, 0.1) is 0 Å². The molecule has 0 saturated heterocycles. The topological polar surface area (TPSA) is 32.7 Å². The molecule has 1 aliphatic heterocycles. The van der Waals surface area contributed by atoms with Gasteiger partial charge in [-0.3, -0.25) is 4.90 Å². The molecule has 13 heavy (non-hydrogen) atoms. The number of aliphatic imine (C=N–C) groups is 1. The molecule has 1 aliphatic rings. The van der Waals surface area contributed by atoms with Crippen molar-refractivity contribution in [1.29, 1.82) is 0 Å². The van der Waals surface area contributed by atoms with Crippen molar-refractivity contribution in [2.75, 3.05) is 6.54 Å². The van der Waals surface area contributed by atoms with Crippen LogP contribution in [0.4, 0.5) is 4.79 Å². The van der Waals surface area contributed by atoms with E-state index in [9.17, 15) is 4.79 Å². The van der Waals surface area contributed by atoms with E-state index in [4.69, 9.17) is 0 Å². The molecule has 0 N–H and O–H groups in total. The second-order valence-corrected chi connectivity index (χ2v) is 3.87. The summed E-state index contributed by atoms with van der Waals surface area (Å²) in [6.07, 6.45) is 6.48. The van der Waals surface area contributed by atoms with Crippen molar-refractivity contribution in [3.63, 3.8) is 0 Å². The van der Waals surface area contributed by atoms with Gasteiger partial charge in [-0.15, -0.1) is 0 Å². The Morgan fingerprint density at radius 1 is 1.54 bits per heavy atom. The van der Waals surface area contributed by atoms with Gasteiger partial charge in [-0.05, 0) is 6.42 Å². The molecule has 3 heteroatoms. The molecule has 0 atom stereocenters. The van der Waals surface area contributed by atoms with Crippen LogP contribution in [-0.2, 0) is 0 Å². The molecule has 2 amide bonds. The molecule has 0 fully saturated rings. The summed E-state index contributed by atoms with van der Waals surface area (Å²) in [6.45, 7) is 6.83. The third-order valence-electron chi connectivity index (χ3n) is 1.90. The van der Waals surface area contributed by atoms with Gasteiger partial charge >= 0.3 is 6.03 Å². The molecule has 0 aliphatic carbocycles. The number of carbonyl (C=O) groups is 1. The lowest BCUT2D eigenvalue weighted by Gasteiger charge is -2.13. The quantitative estimate of drug-likeness (QED) is 0.642. The predicted molar refractivity (Wildman–Crippen MR) is 53.8 cm³/mol. The molecule has 0 spiro atoms. The molecule has 72 valence electrons. The molecule has 1 heterocycles. The number of rotatable bonds is 2. The fourth-order valence-electron chi connectivity index (χ4n) is 1.10. The summed E-state index contributed by atoms with van der Waals surface area (Å²) in [5.74, 6) is 0. The SMILES string of the molecule is CCCN1C=CC(C)(C)C=NC1=O. The standard InChI is InChI=1S/C10H16N2O/c1-4-6-12-7-5-10(2,3)8-11-9(12)13/h5,7-8H,4,6H2,1-3H3. The van der Waals surface area contributed by atoms with E-state index in [-0.39, 0.29) is 11.4 Å². The van der Waals surface area contributed by atoms with Crippen LogP contribution in [-0.4, -0.2) is 23.7 Å². The van der Waals surface area contributed by atoms with E-state index in [1.54, 1.807) is 11.1 Å². The first-order valence-electron chi connectivity index (χ1n) is 4.60. The van der Waals surface area contributed by atoms with Gasteiger partial charge in [0.1, 0.15) is 0 Å². The minimum Gasteiger partial charge on any atom is -0.300 e. The van der Waals surface area contributed by atoms with Gasteiger partial charge in [0.25, 0.3) is 0 Å². The molecule has 0 unspecified atom stereocenters. The lowest BCUT2D eigenvalue weighted by Crippen LogP contribution is -2.22. The van der Waals surface area contributed by atoms with Gasteiger partial charge in [0.15, 0.2) is 0 Å². The highest BCUT2D eigenvalue weighted by Gasteiger charge is 2.17. The van der Waals surface area contributed by atoms with Crippen molar-refractivity contribution >= 4 is 12.2 Å². The maximum atomic E-state index is 11.4. The van der Waals surface area contributed by atoms with Gasteiger partial charge < -0.3 is 0 Å². The largest absolute Gasteiger partial charge is 0.347 e. The van der Waals surface area contributed by atoms with Crippen LogP contribution in [0.5, 0.6) is 0 Å². The monoisotopic (exact) mass is 180 g/mol. The van der Waals surface area contributed by atoms with Crippen LogP contribution in [0.1, 0.15) is 27.2 Å². The first-order chi connectivity index (χ1) is 6.05. The van der Waals surface area contributed by atoms with E-state index in [2.05, 4.69) is 4.99 Å². The summed E-state index contributed by atoms with van der Waals surface area (Å²) in [5.41, 5.74) is -0.113. The van der Waals surface area contributed by atoms with Crippen LogP contribution in [0.3, 0.4) is 0 Å². The normalized spacial score (nSPS) is 20.5. The predicted octanol–water partition coefficient (Wildman–Crippen LogP) is 2.44. The van der Waals surface area contributed by atoms with E-state index in [0.717, 1.165) is 13.0 Å². The fourth-order valence-corrected chi connectivity index (χ4v) is 1.10. The summed E-state index contributed by atoms with van der Waals surface area (Å²) in [7, 11) is 0. The lowest BCUT2D eigenvalue weighted by atomic mass is 9.96. The molecule has 0 bridgehead atoms. The van der Waals surface area contributed by atoms with Gasteiger partial charge in [0, 0.05) is 24.4 Å². The van der Waals surface area contributed by atoms with Crippen molar-refractivity contribution in [2.45, 2.75) is 27.2 Å². The van der Waals surface area contributed by atoms with E-state index in [1.807, 2.05) is 33.0 Å². The number of allylic oxidation sites excluding steroid dienone is 1. The molecule has 0 aromatic carbocycles. The van der Waals surface area contributed by atoms with Crippen LogP contribution < -0.4 is 0 Å². The Hall–Kier alpha value is -1.12. The van der Waals surface area contributed by atoms with Crippen molar-refractivity contribution in [3.8, 4) is 0 Å². The Labute approximate surface area is 79.1 Å². The second kappa shape index (κ2) is 3.73. The minimum absolute atomic E-state index is 0.113. The van der Waals surface area contributed by atoms with E-state index in [0.29, 0.717) is 0 Å². The van der Waals surface area contributed by atoms with Crippen molar-refractivity contribution in [3.05, 3.63) is 12.3 Å². The highest BCUT2D eigenvalue weighted by Crippen LogP contribution is 2.17. The Morgan fingerprint density at radius 2 is 2.23 bits per heavy atom. The van der Waals surface area contributed by atoms with Gasteiger partial charge in [-0.1, -0.05) is 26.8 Å². The van der Waals surface area contributed by atoms with Crippen LogP contribution in [0.2, 0.25) is 0 Å². The second-order valence-electron chi connectivity index (χ2n) is 3.87. The molecule has 0 aromatic rings. The minimum atomic E-state index is -0.163.